The standard InChI is InChI=1S/2C26H16N4O6S4.4C2H6/c31-39(32,33)23-13-15(9-11-17(23)25-27-19-5-1-3-7-21(19)37-25)29-30-16-10-12-18(24(14-16)40(34,35)36)26-28-20-6-2-4-8-22(20)38-26;31-39(32,33)23-13-15(25-27-17-5-1-3-7-21(17)37-25)9-11-19(23)29-30-20-12-10-16(14-24(20)40(34,35)36)26-28-18-6-2-4-8-22(18)38-26;4*1-2/h2*1-14H,(H,31,32,33)(H,34,35,36);4*1-2H3. The Labute approximate surface area is 524 Å². The molecule has 0 saturated carbocycles. The second-order valence-corrected chi connectivity index (χ2v) is 26.7. The molecule has 0 amide bonds. The normalized spacial score (nSPS) is 11.7. The fourth-order valence-corrected chi connectivity index (χ4v) is 14.8. The molecule has 0 spiro atoms. The van der Waals surface area contributed by atoms with Gasteiger partial charge in [-0.15, -0.1) is 55.6 Å². The number of aromatic nitrogens is 4. The molecule has 12 rings (SSSR count). The van der Waals surface area contributed by atoms with Crippen LogP contribution >= 0.6 is 45.3 Å². The summed E-state index contributed by atoms with van der Waals surface area (Å²) in [6.07, 6.45) is 0. The molecule has 0 fully saturated rings. The van der Waals surface area contributed by atoms with Crippen LogP contribution in [0, 0.1) is 0 Å². The highest BCUT2D eigenvalue weighted by Gasteiger charge is 2.24. The number of fused-ring (bicyclic) bond motifs is 4. The molecule has 0 aliphatic carbocycles. The van der Waals surface area contributed by atoms with Crippen molar-refractivity contribution in [3.8, 4) is 42.3 Å². The molecule has 456 valence electrons. The molecule has 0 unspecified atom stereocenters. The van der Waals surface area contributed by atoms with E-state index in [0.717, 1.165) is 42.0 Å². The minimum absolute atomic E-state index is 0.0844. The van der Waals surface area contributed by atoms with Crippen molar-refractivity contribution in [3.05, 3.63) is 170 Å². The Balaban J connectivity index is 0.000000226. The number of benzene rings is 8. The first-order chi connectivity index (χ1) is 42.1. The van der Waals surface area contributed by atoms with Crippen molar-refractivity contribution in [2.45, 2.75) is 75.0 Å². The number of azo groups is 2. The summed E-state index contributed by atoms with van der Waals surface area (Å²) in [4.78, 5) is 16.1. The second-order valence-electron chi connectivity index (χ2n) is 17.0. The average molecular weight is 1340 g/mol. The third-order valence-corrected chi connectivity index (χ3v) is 19.5. The summed E-state index contributed by atoms with van der Waals surface area (Å²) in [5.74, 6) is 0. The number of hydrogen-bond donors (Lipinski definition) is 4. The number of thiazole rings is 4. The van der Waals surface area contributed by atoms with Crippen LogP contribution in [-0.2, 0) is 40.5 Å². The van der Waals surface area contributed by atoms with Gasteiger partial charge in [0, 0.05) is 22.3 Å². The Morgan fingerprint density at radius 2 is 0.580 bits per heavy atom. The topological polar surface area (TPSA) is 318 Å². The van der Waals surface area contributed by atoms with Gasteiger partial charge < -0.3 is 0 Å². The molecule has 0 saturated heterocycles. The highest BCUT2D eigenvalue weighted by Crippen LogP contribution is 2.41. The molecule has 4 aromatic heterocycles. The molecule has 0 aliphatic rings. The van der Waals surface area contributed by atoms with E-state index in [1.807, 2.05) is 140 Å². The summed E-state index contributed by atoms with van der Waals surface area (Å²) in [7, 11) is -18.8. The fourth-order valence-electron chi connectivity index (χ4n) is 7.99. The number of rotatable bonds is 12. The molecule has 88 heavy (non-hydrogen) atoms. The highest BCUT2D eigenvalue weighted by molar-refractivity contribution is 7.86. The van der Waals surface area contributed by atoms with Crippen molar-refractivity contribution in [2.75, 3.05) is 0 Å². The fraction of sp³-hybridized carbons (Fsp3) is 0.133. The maximum Gasteiger partial charge on any atom is 0.296 e. The van der Waals surface area contributed by atoms with Crippen molar-refractivity contribution < 1.29 is 51.9 Å². The van der Waals surface area contributed by atoms with Crippen molar-refractivity contribution in [1.29, 1.82) is 0 Å². The predicted molar refractivity (Wildman–Crippen MR) is 353 cm³/mol. The molecule has 28 heteroatoms. The van der Waals surface area contributed by atoms with Gasteiger partial charge in [-0.1, -0.05) is 104 Å². The predicted octanol–water partition coefficient (Wildman–Crippen LogP) is 18.4. The van der Waals surface area contributed by atoms with Crippen molar-refractivity contribution in [2.24, 2.45) is 20.5 Å². The molecule has 0 aliphatic heterocycles. The van der Waals surface area contributed by atoms with Gasteiger partial charge in [-0.05, 0) is 121 Å². The first-order valence-corrected chi connectivity index (χ1v) is 35.9. The van der Waals surface area contributed by atoms with Gasteiger partial charge in [0.05, 0.1) is 52.2 Å². The molecule has 8 aromatic carbocycles. The molecule has 4 heterocycles. The molecular weight excluding hydrogens is 1280 g/mol. The van der Waals surface area contributed by atoms with Crippen LogP contribution in [0.3, 0.4) is 0 Å². The van der Waals surface area contributed by atoms with E-state index in [1.54, 1.807) is 24.3 Å². The quantitative estimate of drug-likeness (QED) is 0.0652. The Hall–Kier alpha value is -7.84. The number of nitrogens with zero attached hydrogens (tertiary/aromatic N) is 8. The first-order valence-electron chi connectivity index (χ1n) is 26.9. The Morgan fingerprint density at radius 3 is 0.864 bits per heavy atom. The largest absolute Gasteiger partial charge is 0.296 e. The zero-order valence-corrected chi connectivity index (χ0v) is 54.6. The van der Waals surface area contributed by atoms with Gasteiger partial charge in [-0.2, -0.15) is 43.9 Å². The van der Waals surface area contributed by atoms with Gasteiger partial charge in [-0.3, -0.25) is 18.2 Å². The van der Waals surface area contributed by atoms with Gasteiger partial charge in [-0.25, -0.2) is 19.9 Å². The lowest BCUT2D eigenvalue weighted by molar-refractivity contribution is 0.481. The summed E-state index contributed by atoms with van der Waals surface area (Å²) < 4.78 is 141. The summed E-state index contributed by atoms with van der Waals surface area (Å²) in [5, 5.41) is 17.8. The molecular formula is C60H56N8O12S8. The third-order valence-electron chi connectivity index (χ3n) is 11.6. The average Bonchev–Trinajstić information content (AvgIpc) is 4.22. The summed E-state index contributed by atoms with van der Waals surface area (Å²) in [5.41, 5.74) is 3.85. The van der Waals surface area contributed by atoms with E-state index in [4.69, 9.17) is 0 Å². The van der Waals surface area contributed by atoms with Crippen LogP contribution < -0.4 is 0 Å². The van der Waals surface area contributed by atoms with Crippen LogP contribution in [-0.4, -0.2) is 71.8 Å². The third kappa shape index (κ3) is 16.1. The van der Waals surface area contributed by atoms with E-state index < -0.39 is 60.1 Å². The van der Waals surface area contributed by atoms with Gasteiger partial charge in [0.25, 0.3) is 40.5 Å². The summed E-state index contributed by atoms with van der Waals surface area (Å²) in [6.45, 7) is 16.0. The first kappa shape index (κ1) is 67.7. The minimum atomic E-state index is -4.74. The number of hydrogen-bond acceptors (Lipinski definition) is 20. The monoisotopic (exact) mass is 1340 g/mol. The molecule has 4 N–H and O–H groups in total. The van der Waals surface area contributed by atoms with Crippen LogP contribution in [0.25, 0.3) is 83.2 Å². The van der Waals surface area contributed by atoms with E-state index >= 15 is 0 Å². The van der Waals surface area contributed by atoms with Gasteiger partial charge in [0.15, 0.2) is 0 Å². The van der Waals surface area contributed by atoms with E-state index in [0.29, 0.717) is 42.2 Å². The van der Waals surface area contributed by atoms with Crippen LogP contribution in [0.5, 0.6) is 0 Å². The SMILES string of the molecule is CC.CC.CC.CC.O=S(=O)(O)c1cc(-c2nc3ccccc3s2)ccc1N=Nc1ccc(-c2nc3ccccc3s2)cc1S(=O)(=O)O.O=S(=O)(O)c1cc(N=Nc2ccc(-c3nc4ccccc4s3)c(S(=O)(=O)O)c2)ccc1-c1nc2ccccc2s1. The van der Waals surface area contributed by atoms with Gasteiger partial charge in [0.1, 0.15) is 51.0 Å². The minimum Gasteiger partial charge on any atom is -0.282 e. The lowest BCUT2D eigenvalue weighted by atomic mass is 10.2. The second kappa shape index (κ2) is 29.4. The van der Waals surface area contributed by atoms with Crippen LogP contribution in [0.1, 0.15) is 55.4 Å². The maximum atomic E-state index is 12.2. The lowest BCUT2D eigenvalue weighted by Gasteiger charge is -2.06. The van der Waals surface area contributed by atoms with Crippen molar-refractivity contribution in [1.82, 2.24) is 19.9 Å². The van der Waals surface area contributed by atoms with Crippen LogP contribution in [0.15, 0.2) is 210 Å². The zero-order valence-electron chi connectivity index (χ0n) is 48.1. The van der Waals surface area contributed by atoms with E-state index in [-0.39, 0.29) is 33.9 Å². The van der Waals surface area contributed by atoms with Crippen LogP contribution in [0.2, 0.25) is 0 Å². The Kier molecular flexibility index (Phi) is 22.6. The summed E-state index contributed by atoms with van der Waals surface area (Å²) in [6, 6.07) is 46.0. The van der Waals surface area contributed by atoms with Crippen molar-refractivity contribution in [3.63, 3.8) is 0 Å². The smallest absolute Gasteiger partial charge is 0.282 e. The van der Waals surface area contributed by atoms with E-state index in [9.17, 15) is 51.9 Å². The van der Waals surface area contributed by atoms with E-state index in [1.165, 1.54) is 93.9 Å². The summed E-state index contributed by atoms with van der Waals surface area (Å²) >= 11 is 5.25. The van der Waals surface area contributed by atoms with Gasteiger partial charge >= 0.3 is 0 Å². The molecule has 20 nitrogen and oxygen atoms in total. The molecule has 0 bridgehead atoms. The lowest BCUT2D eigenvalue weighted by Crippen LogP contribution is -2.00. The molecule has 0 radical (unpaired) electrons. The van der Waals surface area contributed by atoms with E-state index in [2.05, 4.69) is 40.4 Å². The Bertz CT molecular complexity index is 4560. The highest BCUT2D eigenvalue weighted by atomic mass is 32.2. The number of para-hydroxylation sites is 4. The molecule has 0 atom stereocenters. The maximum absolute atomic E-state index is 12.2. The van der Waals surface area contributed by atoms with Crippen molar-refractivity contribution >= 4 is 149 Å². The Morgan fingerprint density at radius 1 is 0.307 bits per heavy atom. The zero-order chi connectivity index (χ0) is 64.1. The van der Waals surface area contributed by atoms with Gasteiger partial charge in [0.2, 0.25) is 0 Å². The molecule has 12 aromatic rings. The van der Waals surface area contributed by atoms with Crippen LogP contribution in [0.4, 0.5) is 22.7 Å².